The Balaban J connectivity index is 0.760. The van der Waals surface area contributed by atoms with Gasteiger partial charge < -0.3 is 29.7 Å². The Bertz CT molecular complexity index is 2960. The second-order valence-electron chi connectivity index (χ2n) is 22.6. The average Bonchev–Trinajstić information content (AvgIpc) is 3.77. The number of aryl methyl sites for hydroxylation is 1. The lowest BCUT2D eigenvalue weighted by molar-refractivity contribution is -0.138. The summed E-state index contributed by atoms with van der Waals surface area (Å²) < 4.78 is 54.4. The fraction of sp³-hybridized carbons (Fsp3) is 0.544. The summed E-state index contributed by atoms with van der Waals surface area (Å²) >= 11 is 0. The molecule has 1 unspecified atom stereocenters. The van der Waals surface area contributed by atoms with Crippen molar-refractivity contribution in [2.45, 2.75) is 135 Å². The molecule has 4 aliphatic heterocycles. The van der Waals surface area contributed by atoms with E-state index in [4.69, 9.17) is 19.4 Å². The molecule has 77 heavy (non-hydrogen) atoms. The van der Waals surface area contributed by atoms with Crippen LogP contribution in [-0.2, 0) is 30.7 Å². The lowest BCUT2D eigenvalue weighted by atomic mass is 9.71. The molecule has 2 atom stereocenters. The number of anilines is 3. The van der Waals surface area contributed by atoms with Gasteiger partial charge >= 0.3 is 12.3 Å². The standard InChI is InChI=1S/C57H69F3N8O9/c1-31(37-25-38(57(58,59)60)27-39(26-37)64-55(74)75)61-50-48-43(62-32(2)63-50)29-45(76-6)47(49(48)56(3,4)5)35-7-9-36(10-8-35)52(71)67-22-15-33(16-23-67)19-24-77-30-34-17-20-66(21-18-34)40-11-12-41-42(28-40)54(73)68(53(41)72)44-13-14-46(69)65-51(44)70/h11-12,25-29,31,33-36,44,64H,7-10,13-24,30H2,1-6H3,(H,74,75)(H,61,62,63)(H,65,69,70)/t31-,35?,36?,44?/m1/s1. The highest BCUT2D eigenvalue weighted by Gasteiger charge is 2.45. The number of fused-ring (bicyclic) bond motifs is 2. The number of hydrogen-bond acceptors (Lipinski definition) is 12. The lowest BCUT2D eigenvalue weighted by Crippen LogP contribution is -2.54. The number of carboxylic acid groups (broad SMARTS) is 1. The minimum atomic E-state index is -4.71. The Morgan fingerprint density at radius 3 is 2.19 bits per heavy atom. The molecule has 4 N–H and O–H groups in total. The van der Waals surface area contributed by atoms with Crippen molar-refractivity contribution in [2.24, 2.45) is 17.8 Å². The SMILES string of the molecule is COc1cc2nc(C)nc(N[C@H](C)c3cc(NC(=O)O)cc(C(F)(F)F)c3)c2c(C(C)(C)C)c1C1CCC(C(=O)N2CCC(CCOCC3CCN(c4ccc5c(c4)C(=O)N(C4CCC(=O)NC4=O)C5=O)CC3)CC2)CC1. The summed E-state index contributed by atoms with van der Waals surface area (Å²) in [5.74, 6) is 0.542. The molecule has 4 aromatic rings. The average molecular weight is 1070 g/mol. The van der Waals surface area contributed by atoms with Gasteiger partial charge in [-0.25, -0.2) is 14.8 Å². The van der Waals surface area contributed by atoms with Crippen molar-refractivity contribution >= 4 is 63.7 Å². The van der Waals surface area contributed by atoms with Gasteiger partial charge in [0, 0.05) is 80.1 Å². The number of piperidine rings is 3. The minimum Gasteiger partial charge on any atom is -0.496 e. The number of carbonyl (C=O) groups excluding carboxylic acids is 5. The largest absolute Gasteiger partial charge is 0.496 e. The van der Waals surface area contributed by atoms with Crippen molar-refractivity contribution in [3.8, 4) is 5.75 Å². The van der Waals surface area contributed by atoms with Gasteiger partial charge in [-0.3, -0.25) is 39.5 Å². The van der Waals surface area contributed by atoms with Gasteiger partial charge in [0.05, 0.1) is 35.4 Å². The van der Waals surface area contributed by atoms with Crippen LogP contribution in [0.15, 0.2) is 42.5 Å². The first-order valence-corrected chi connectivity index (χ1v) is 26.9. The number of rotatable bonds is 14. The van der Waals surface area contributed by atoms with Crippen LogP contribution >= 0.6 is 0 Å². The summed E-state index contributed by atoms with van der Waals surface area (Å²) in [6, 6.07) is 8.58. The van der Waals surface area contributed by atoms with Crippen LogP contribution in [0.1, 0.15) is 159 Å². The van der Waals surface area contributed by atoms with Crippen molar-refractivity contribution in [3.05, 3.63) is 81.7 Å². The Hall–Kier alpha value is -6.83. The monoisotopic (exact) mass is 1070 g/mol. The van der Waals surface area contributed by atoms with Crippen LogP contribution < -0.4 is 25.6 Å². The predicted octanol–water partition coefficient (Wildman–Crippen LogP) is 9.76. The van der Waals surface area contributed by atoms with Gasteiger partial charge in [0.1, 0.15) is 23.4 Å². The maximum Gasteiger partial charge on any atom is 0.416 e. The van der Waals surface area contributed by atoms with Crippen molar-refractivity contribution in [1.29, 1.82) is 0 Å². The van der Waals surface area contributed by atoms with E-state index in [-0.39, 0.29) is 53.0 Å². The number of nitrogens with one attached hydrogen (secondary N) is 3. The van der Waals surface area contributed by atoms with Crippen LogP contribution in [0.5, 0.6) is 5.75 Å². The van der Waals surface area contributed by atoms with E-state index in [9.17, 15) is 47.0 Å². The molecule has 20 heteroatoms. The highest BCUT2D eigenvalue weighted by Crippen LogP contribution is 2.49. The zero-order chi connectivity index (χ0) is 55.1. The Morgan fingerprint density at radius 1 is 0.857 bits per heavy atom. The highest BCUT2D eigenvalue weighted by atomic mass is 19.4. The topological polar surface area (TPSA) is 213 Å². The summed E-state index contributed by atoms with van der Waals surface area (Å²) in [5.41, 5.74) is 2.54. The number of carbonyl (C=O) groups is 6. The van der Waals surface area contributed by atoms with Gasteiger partial charge in [-0.2, -0.15) is 13.2 Å². The summed E-state index contributed by atoms with van der Waals surface area (Å²) in [5, 5.41) is 17.7. The van der Waals surface area contributed by atoms with E-state index in [1.54, 1.807) is 33.1 Å². The summed E-state index contributed by atoms with van der Waals surface area (Å²) in [7, 11) is 1.64. The number of halogens is 3. The van der Waals surface area contributed by atoms with Gasteiger partial charge in [0.2, 0.25) is 17.7 Å². The van der Waals surface area contributed by atoms with Gasteiger partial charge in [0.15, 0.2) is 0 Å². The second kappa shape index (κ2) is 22.3. The number of hydrogen-bond donors (Lipinski definition) is 4. The van der Waals surface area contributed by atoms with E-state index in [1.807, 2.05) is 17.0 Å². The maximum atomic E-state index is 14.1. The lowest BCUT2D eigenvalue weighted by Gasteiger charge is -2.38. The maximum absolute atomic E-state index is 14.1. The van der Waals surface area contributed by atoms with Gasteiger partial charge in [0.25, 0.3) is 11.8 Å². The molecule has 9 rings (SSSR count). The second-order valence-corrected chi connectivity index (χ2v) is 22.6. The third kappa shape index (κ3) is 11.9. The van der Waals surface area contributed by atoms with Crippen LogP contribution in [0.3, 0.4) is 0 Å². The molecule has 5 heterocycles. The van der Waals surface area contributed by atoms with Crippen molar-refractivity contribution in [2.75, 3.05) is 62.0 Å². The molecule has 1 aliphatic carbocycles. The van der Waals surface area contributed by atoms with Crippen molar-refractivity contribution in [3.63, 3.8) is 0 Å². The van der Waals surface area contributed by atoms with E-state index in [1.165, 1.54) is 6.07 Å². The summed E-state index contributed by atoms with van der Waals surface area (Å²) in [6.07, 6.45) is 1.57. The third-order valence-electron chi connectivity index (χ3n) is 16.3. The van der Waals surface area contributed by atoms with Crippen LogP contribution in [0, 0.1) is 24.7 Å². The van der Waals surface area contributed by atoms with E-state index in [2.05, 4.69) is 41.6 Å². The first kappa shape index (κ1) is 54.9. The van der Waals surface area contributed by atoms with Crippen molar-refractivity contribution < 1.29 is 56.5 Å². The Morgan fingerprint density at radius 2 is 1.55 bits per heavy atom. The summed E-state index contributed by atoms with van der Waals surface area (Å²) in [4.78, 5) is 91.1. The first-order valence-electron chi connectivity index (χ1n) is 26.9. The van der Waals surface area contributed by atoms with Gasteiger partial charge in [-0.15, -0.1) is 0 Å². The molecule has 412 valence electrons. The highest BCUT2D eigenvalue weighted by molar-refractivity contribution is 6.23. The molecule has 3 aromatic carbocycles. The molecule has 3 saturated heterocycles. The number of amides is 6. The predicted molar refractivity (Wildman–Crippen MR) is 282 cm³/mol. The molecule has 1 aromatic heterocycles. The molecule has 0 radical (unpaired) electrons. The number of ether oxygens (including phenoxy) is 2. The summed E-state index contributed by atoms with van der Waals surface area (Å²) in [6.45, 7) is 14.1. The molecule has 4 fully saturated rings. The number of methoxy groups -OCH3 is 1. The van der Waals surface area contributed by atoms with Gasteiger partial charge in [-0.05, 0) is 149 Å². The van der Waals surface area contributed by atoms with E-state index in [0.29, 0.717) is 48.0 Å². The molecule has 6 amide bonds. The minimum absolute atomic E-state index is 0.0527. The third-order valence-corrected chi connectivity index (χ3v) is 16.3. The molecule has 0 spiro atoms. The number of aromatic nitrogens is 2. The molecular formula is C57H69F3N8O9. The van der Waals surface area contributed by atoms with Crippen LogP contribution in [-0.4, -0.2) is 113 Å². The molecule has 0 bridgehead atoms. The van der Waals surface area contributed by atoms with Crippen LogP contribution in [0.2, 0.25) is 0 Å². The zero-order valence-electron chi connectivity index (χ0n) is 44.6. The number of likely N-dealkylation sites (tertiary alicyclic amines) is 1. The fourth-order valence-electron chi connectivity index (χ4n) is 12.3. The number of alkyl halides is 3. The zero-order valence-corrected chi connectivity index (χ0v) is 44.6. The number of benzene rings is 3. The van der Waals surface area contributed by atoms with E-state index >= 15 is 0 Å². The molecule has 5 aliphatic rings. The quantitative estimate of drug-likeness (QED) is 0.0685. The van der Waals surface area contributed by atoms with Crippen LogP contribution in [0.4, 0.5) is 35.2 Å². The fourth-order valence-corrected chi connectivity index (χ4v) is 12.3. The molecular weight excluding hydrogens is 998 g/mol. The van der Waals surface area contributed by atoms with Crippen molar-refractivity contribution in [1.82, 2.24) is 25.1 Å². The van der Waals surface area contributed by atoms with E-state index in [0.717, 1.165) is 123 Å². The van der Waals surface area contributed by atoms with E-state index < -0.39 is 59.0 Å². The number of imide groups is 2. The molecule has 1 saturated carbocycles. The Labute approximate surface area is 446 Å². The Kier molecular flexibility index (Phi) is 15.9. The number of nitrogens with zero attached hydrogens (tertiary/aromatic N) is 5. The molecule has 17 nitrogen and oxygen atoms in total. The first-order chi connectivity index (χ1) is 36.6. The van der Waals surface area contributed by atoms with Crippen LogP contribution in [0.25, 0.3) is 10.9 Å². The smallest absolute Gasteiger partial charge is 0.416 e. The van der Waals surface area contributed by atoms with Gasteiger partial charge in [-0.1, -0.05) is 20.8 Å². The normalized spacial score (nSPS) is 21.3.